The normalized spacial score (nSPS) is 21.0. The van der Waals surface area contributed by atoms with Gasteiger partial charge in [-0.2, -0.15) is 5.11 Å². The number of hydrogen-bond acceptors (Lipinski definition) is 2. The predicted octanol–water partition coefficient (Wildman–Crippen LogP) is 2.52. The minimum atomic E-state index is 0.00579. The topological polar surface area (TPSA) is 36.2 Å². The Kier molecular flexibility index (Phi) is 1.39. The quantitative estimate of drug-likeness (QED) is 0.443. The molecule has 50 valence electrons. The van der Waals surface area contributed by atoms with Gasteiger partial charge in [-0.3, -0.25) is 0 Å². The van der Waals surface area contributed by atoms with E-state index in [1.165, 1.54) is 0 Å². The van der Waals surface area contributed by atoms with E-state index in [0.29, 0.717) is 0 Å². The van der Waals surface area contributed by atoms with Crippen molar-refractivity contribution in [3.05, 3.63) is 12.2 Å². The van der Waals surface area contributed by atoms with Crippen molar-refractivity contribution in [1.82, 2.24) is 0 Å². The van der Waals surface area contributed by atoms with E-state index in [9.17, 15) is 0 Å². The SMILES string of the molecule is C=C(C)CC1(N=N)CC1. The van der Waals surface area contributed by atoms with Gasteiger partial charge in [-0.1, -0.05) is 5.57 Å². The molecule has 0 aromatic rings. The first-order chi connectivity index (χ1) is 4.18. The van der Waals surface area contributed by atoms with E-state index in [1.54, 1.807) is 0 Å². The van der Waals surface area contributed by atoms with Crippen LogP contribution in [0.3, 0.4) is 0 Å². The zero-order valence-electron chi connectivity index (χ0n) is 5.78. The second-order valence-electron chi connectivity index (χ2n) is 2.97. The highest BCUT2D eigenvalue weighted by Crippen LogP contribution is 2.44. The Balaban J connectivity index is 2.42. The van der Waals surface area contributed by atoms with Crippen LogP contribution in [-0.2, 0) is 0 Å². The van der Waals surface area contributed by atoms with Gasteiger partial charge < -0.3 is 0 Å². The predicted molar refractivity (Wildman–Crippen MR) is 36.5 cm³/mol. The number of nitrogens with zero attached hydrogens (tertiary/aromatic N) is 1. The maximum absolute atomic E-state index is 6.85. The molecule has 0 radical (unpaired) electrons. The summed E-state index contributed by atoms with van der Waals surface area (Å²) in [5, 5.41) is 3.56. The minimum Gasteiger partial charge on any atom is -0.209 e. The molecule has 2 heteroatoms. The van der Waals surface area contributed by atoms with Crippen molar-refractivity contribution in [2.45, 2.75) is 31.7 Å². The first-order valence-corrected chi connectivity index (χ1v) is 3.21. The molecule has 0 aromatic carbocycles. The lowest BCUT2D eigenvalue weighted by Gasteiger charge is -2.04. The van der Waals surface area contributed by atoms with Crippen LogP contribution in [-0.4, -0.2) is 5.54 Å². The molecule has 0 atom stereocenters. The van der Waals surface area contributed by atoms with Crippen LogP contribution >= 0.6 is 0 Å². The van der Waals surface area contributed by atoms with Crippen molar-refractivity contribution in [2.75, 3.05) is 0 Å². The van der Waals surface area contributed by atoms with Crippen molar-refractivity contribution in [3.8, 4) is 0 Å². The van der Waals surface area contributed by atoms with E-state index in [-0.39, 0.29) is 5.54 Å². The van der Waals surface area contributed by atoms with Crippen molar-refractivity contribution in [3.63, 3.8) is 0 Å². The average molecular weight is 124 g/mol. The Morgan fingerprint density at radius 3 is 2.44 bits per heavy atom. The fraction of sp³-hybridized carbons (Fsp3) is 0.714. The summed E-state index contributed by atoms with van der Waals surface area (Å²) in [5.74, 6) is 0. The molecule has 9 heavy (non-hydrogen) atoms. The van der Waals surface area contributed by atoms with Crippen LogP contribution in [0.4, 0.5) is 0 Å². The van der Waals surface area contributed by atoms with Crippen molar-refractivity contribution < 1.29 is 0 Å². The molecule has 1 aliphatic rings. The smallest absolute Gasteiger partial charge is 0.0851 e. The summed E-state index contributed by atoms with van der Waals surface area (Å²) in [6, 6.07) is 0. The third-order valence-corrected chi connectivity index (χ3v) is 1.70. The van der Waals surface area contributed by atoms with Crippen molar-refractivity contribution in [2.24, 2.45) is 5.11 Å². The van der Waals surface area contributed by atoms with Gasteiger partial charge in [0.1, 0.15) is 0 Å². The minimum absolute atomic E-state index is 0.00579. The highest BCUT2D eigenvalue weighted by molar-refractivity contribution is 5.09. The Morgan fingerprint density at radius 2 is 2.33 bits per heavy atom. The summed E-state index contributed by atoms with van der Waals surface area (Å²) in [7, 11) is 0. The summed E-state index contributed by atoms with van der Waals surface area (Å²) < 4.78 is 0. The van der Waals surface area contributed by atoms with Crippen LogP contribution in [0.5, 0.6) is 0 Å². The zero-order valence-corrected chi connectivity index (χ0v) is 5.78. The van der Waals surface area contributed by atoms with E-state index < -0.39 is 0 Å². The summed E-state index contributed by atoms with van der Waals surface area (Å²) in [6.07, 6.45) is 3.09. The molecule has 0 amide bonds. The molecule has 1 fully saturated rings. The van der Waals surface area contributed by atoms with Crippen LogP contribution in [0.1, 0.15) is 26.2 Å². The van der Waals surface area contributed by atoms with Crippen LogP contribution in [0.2, 0.25) is 0 Å². The summed E-state index contributed by atoms with van der Waals surface area (Å²) >= 11 is 0. The molecule has 0 aliphatic heterocycles. The van der Waals surface area contributed by atoms with E-state index in [4.69, 9.17) is 5.53 Å². The fourth-order valence-corrected chi connectivity index (χ4v) is 1.03. The van der Waals surface area contributed by atoms with Crippen molar-refractivity contribution >= 4 is 0 Å². The van der Waals surface area contributed by atoms with Gasteiger partial charge in [0.2, 0.25) is 0 Å². The largest absolute Gasteiger partial charge is 0.209 e. The number of nitrogens with one attached hydrogen (secondary N) is 1. The maximum atomic E-state index is 6.85. The average Bonchev–Trinajstić information content (AvgIpc) is 2.48. The highest BCUT2D eigenvalue weighted by Gasteiger charge is 2.42. The third-order valence-electron chi connectivity index (χ3n) is 1.70. The molecule has 0 saturated heterocycles. The Hall–Kier alpha value is -0.660. The van der Waals surface area contributed by atoms with Gasteiger partial charge >= 0.3 is 0 Å². The highest BCUT2D eigenvalue weighted by atomic mass is 15.1. The van der Waals surface area contributed by atoms with Gasteiger partial charge in [0, 0.05) is 0 Å². The van der Waals surface area contributed by atoms with Gasteiger partial charge in [-0.15, -0.1) is 6.58 Å². The molecule has 1 aliphatic carbocycles. The number of hydrogen-bond donors (Lipinski definition) is 1. The lowest BCUT2D eigenvalue weighted by molar-refractivity contribution is 0.615. The molecule has 1 N–H and O–H groups in total. The molecule has 2 nitrogen and oxygen atoms in total. The maximum Gasteiger partial charge on any atom is 0.0851 e. The lowest BCUT2D eigenvalue weighted by atomic mass is 10.1. The molecule has 0 aromatic heterocycles. The van der Waals surface area contributed by atoms with Gasteiger partial charge in [-0.25, -0.2) is 5.53 Å². The Bertz CT molecular complexity index is 145. The van der Waals surface area contributed by atoms with Crippen molar-refractivity contribution in [1.29, 1.82) is 5.53 Å². The number of rotatable bonds is 3. The molecule has 0 unspecified atom stereocenters. The van der Waals surface area contributed by atoms with Gasteiger partial charge in [0.15, 0.2) is 0 Å². The molecule has 0 spiro atoms. The molecule has 0 heterocycles. The molecule has 1 saturated carbocycles. The zero-order chi connectivity index (χ0) is 6.91. The standard InChI is InChI=1S/C7H12N2/c1-6(2)5-7(9-8)3-4-7/h8H,1,3-5H2,2H3. The van der Waals surface area contributed by atoms with Gasteiger partial charge in [-0.05, 0) is 26.2 Å². The van der Waals surface area contributed by atoms with E-state index in [2.05, 4.69) is 11.7 Å². The molecule has 0 bridgehead atoms. The first kappa shape index (κ1) is 6.46. The Morgan fingerprint density at radius 1 is 1.78 bits per heavy atom. The molecular weight excluding hydrogens is 112 g/mol. The van der Waals surface area contributed by atoms with E-state index >= 15 is 0 Å². The summed E-state index contributed by atoms with van der Waals surface area (Å²) in [6.45, 7) is 5.78. The Labute approximate surface area is 55.5 Å². The summed E-state index contributed by atoms with van der Waals surface area (Å²) in [5.41, 5.74) is 7.99. The molecular formula is C7H12N2. The van der Waals surface area contributed by atoms with Crippen LogP contribution in [0.15, 0.2) is 17.3 Å². The molecule has 1 rings (SSSR count). The fourth-order valence-electron chi connectivity index (χ4n) is 1.03. The lowest BCUT2D eigenvalue weighted by Crippen LogP contribution is -2.02. The van der Waals surface area contributed by atoms with Crippen LogP contribution in [0.25, 0.3) is 0 Å². The van der Waals surface area contributed by atoms with Gasteiger partial charge in [0.05, 0.1) is 5.54 Å². The summed E-state index contributed by atoms with van der Waals surface area (Å²) in [4.78, 5) is 0. The monoisotopic (exact) mass is 124 g/mol. The van der Waals surface area contributed by atoms with Crippen LogP contribution in [0, 0.1) is 5.53 Å². The second-order valence-corrected chi connectivity index (χ2v) is 2.97. The van der Waals surface area contributed by atoms with E-state index in [1.807, 2.05) is 6.92 Å². The third kappa shape index (κ3) is 1.37. The van der Waals surface area contributed by atoms with E-state index in [0.717, 1.165) is 24.8 Å². The first-order valence-electron chi connectivity index (χ1n) is 3.21. The van der Waals surface area contributed by atoms with Crippen LogP contribution < -0.4 is 0 Å². The van der Waals surface area contributed by atoms with Gasteiger partial charge in [0.25, 0.3) is 0 Å². The second kappa shape index (κ2) is 1.94.